The largest absolute Gasteiger partial charge is 0.493 e. The second-order valence-corrected chi connectivity index (χ2v) is 6.78. The molecule has 2 N–H and O–H groups in total. The number of methoxy groups -OCH3 is 2. The van der Waals surface area contributed by atoms with Gasteiger partial charge in [0.05, 0.1) is 36.8 Å². The minimum absolute atomic E-state index is 0.300. The summed E-state index contributed by atoms with van der Waals surface area (Å²) in [6, 6.07) is 11.1. The number of amides is 2. The van der Waals surface area contributed by atoms with Crippen LogP contribution in [0.2, 0.25) is 0 Å². The summed E-state index contributed by atoms with van der Waals surface area (Å²) in [7, 11) is 3.09. The van der Waals surface area contributed by atoms with Gasteiger partial charge in [-0.15, -0.1) is 0 Å². The van der Waals surface area contributed by atoms with E-state index in [2.05, 4.69) is 10.6 Å². The van der Waals surface area contributed by atoms with Gasteiger partial charge in [-0.2, -0.15) is 0 Å². The van der Waals surface area contributed by atoms with E-state index in [1.54, 1.807) is 25.3 Å². The van der Waals surface area contributed by atoms with Crippen molar-refractivity contribution < 1.29 is 19.1 Å². The lowest BCUT2D eigenvalue weighted by molar-refractivity contribution is -0.117. The summed E-state index contributed by atoms with van der Waals surface area (Å²) in [5, 5.41) is 5.71. The zero-order valence-electron chi connectivity index (χ0n) is 16.1. The number of fused-ring (bicyclic) bond motifs is 1. The van der Waals surface area contributed by atoms with Crippen LogP contribution in [0.1, 0.15) is 22.3 Å². The van der Waals surface area contributed by atoms with E-state index in [0.717, 1.165) is 16.7 Å². The predicted octanol–water partition coefficient (Wildman–Crippen LogP) is 2.70. The summed E-state index contributed by atoms with van der Waals surface area (Å²) in [6.45, 7) is 4.02. The molecule has 4 rings (SSSR count). The number of carbonyl (C=O) groups is 2. The Labute approximate surface area is 162 Å². The van der Waals surface area contributed by atoms with Crippen LogP contribution >= 0.6 is 0 Å². The Balaban J connectivity index is 1.87. The van der Waals surface area contributed by atoms with Gasteiger partial charge in [-0.3, -0.25) is 9.59 Å². The third kappa shape index (κ3) is 2.65. The van der Waals surface area contributed by atoms with E-state index in [9.17, 15) is 9.59 Å². The molecule has 0 unspecified atom stereocenters. The van der Waals surface area contributed by atoms with Gasteiger partial charge < -0.3 is 20.1 Å². The maximum Gasteiger partial charge on any atom is 0.258 e. The molecule has 2 aliphatic heterocycles. The number of benzene rings is 2. The molecule has 0 aromatic heterocycles. The lowest BCUT2D eigenvalue weighted by Gasteiger charge is -2.11. The average Bonchev–Trinajstić information content (AvgIpc) is 3.22. The number of ether oxygens (including phenoxy) is 2. The van der Waals surface area contributed by atoms with Gasteiger partial charge in [0.25, 0.3) is 11.8 Å². The Morgan fingerprint density at radius 3 is 1.75 bits per heavy atom. The van der Waals surface area contributed by atoms with Crippen LogP contribution in [-0.2, 0) is 9.59 Å². The molecule has 0 aliphatic carbocycles. The number of aryl methyl sites for hydroxylation is 2. The Hall–Kier alpha value is -3.54. The fourth-order valence-corrected chi connectivity index (χ4v) is 3.50. The van der Waals surface area contributed by atoms with Crippen LogP contribution in [-0.4, -0.2) is 26.0 Å². The normalized spacial score (nSPS) is 15.6. The quantitative estimate of drug-likeness (QED) is 0.860. The highest BCUT2D eigenvalue weighted by atomic mass is 16.5. The van der Waals surface area contributed by atoms with Crippen LogP contribution in [0.5, 0.6) is 11.5 Å². The summed E-state index contributed by atoms with van der Waals surface area (Å²) in [6.07, 6.45) is 0. The molecule has 0 bridgehead atoms. The van der Waals surface area contributed by atoms with Crippen molar-refractivity contribution in [2.45, 2.75) is 13.8 Å². The van der Waals surface area contributed by atoms with Gasteiger partial charge in [0.1, 0.15) is 0 Å². The van der Waals surface area contributed by atoms with Crippen LogP contribution in [0.25, 0.3) is 11.4 Å². The predicted molar refractivity (Wildman–Crippen MR) is 106 cm³/mol. The molecule has 2 amide bonds. The van der Waals surface area contributed by atoms with E-state index < -0.39 is 0 Å². The highest BCUT2D eigenvalue weighted by Crippen LogP contribution is 2.39. The van der Waals surface area contributed by atoms with E-state index in [-0.39, 0.29) is 11.8 Å². The van der Waals surface area contributed by atoms with Crippen molar-refractivity contribution in [1.82, 2.24) is 10.6 Å². The lowest BCUT2D eigenvalue weighted by atomic mass is 9.99. The Morgan fingerprint density at radius 1 is 0.679 bits per heavy atom. The number of hydrogen-bond donors (Lipinski definition) is 2. The molecule has 0 atom stereocenters. The Kier molecular flexibility index (Phi) is 4.19. The first-order chi connectivity index (χ1) is 13.4. The monoisotopic (exact) mass is 376 g/mol. The molecule has 2 aliphatic rings. The van der Waals surface area contributed by atoms with Gasteiger partial charge in [0.15, 0.2) is 11.5 Å². The first-order valence-electron chi connectivity index (χ1n) is 8.86. The highest BCUT2D eigenvalue weighted by Gasteiger charge is 2.41. The molecule has 2 aromatic carbocycles. The van der Waals surface area contributed by atoms with Crippen LogP contribution < -0.4 is 20.1 Å². The molecule has 0 spiro atoms. The van der Waals surface area contributed by atoms with E-state index in [4.69, 9.17) is 9.47 Å². The Bertz CT molecular complexity index is 1100. The summed E-state index contributed by atoms with van der Waals surface area (Å²) in [5.74, 6) is 0.494. The standard InChI is InChI=1S/C22H20N2O4/c1-11-5-6-13(9-12(11)2)19-17-18(22(26)23-19)20(24-21(17)25)14-7-8-15(27-3)16(10-14)28-4/h5-10H,1-4H3,(H,23,26)(H,24,25). The lowest BCUT2D eigenvalue weighted by Crippen LogP contribution is -2.21. The fraction of sp³-hybridized carbons (Fsp3) is 0.182. The van der Waals surface area contributed by atoms with Crippen molar-refractivity contribution in [2.75, 3.05) is 14.2 Å². The maximum atomic E-state index is 12.7. The van der Waals surface area contributed by atoms with E-state index in [1.807, 2.05) is 32.0 Å². The van der Waals surface area contributed by atoms with Crippen LogP contribution in [0.3, 0.4) is 0 Å². The van der Waals surface area contributed by atoms with Crippen LogP contribution in [0.15, 0.2) is 47.5 Å². The van der Waals surface area contributed by atoms with E-state index in [1.165, 1.54) is 7.11 Å². The minimum Gasteiger partial charge on any atom is -0.493 e. The van der Waals surface area contributed by atoms with Gasteiger partial charge >= 0.3 is 0 Å². The van der Waals surface area contributed by atoms with Gasteiger partial charge in [-0.1, -0.05) is 12.1 Å². The number of nitrogens with one attached hydrogen (secondary N) is 2. The summed E-state index contributed by atoms with van der Waals surface area (Å²) in [4.78, 5) is 25.5. The molecule has 28 heavy (non-hydrogen) atoms. The van der Waals surface area contributed by atoms with Crippen molar-refractivity contribution in [1.29, 1.82) is 0 Å². The molecule has 2 heterocycles. The van der Waals surface area contributed by atoms with Crippen molar-refractivity contribution in [2.24, 2.45) is 0 Å². The topological polar surface area (TPSA) is 76.7 Å². The number of hydrogen-bond acceptors (Lipinski definition) is 4. The van der Waals surface area contributed by atoms with E-state index >= 15 is 0 Å². The van der Waals surface area contributed by atoms with Crippen molar-refractivity contribution in [3.63, 3.8) is 0 Å². The van der Waals surface area contributed by atoms with Gasteiger partial charge in [0.2, 0.25) is 0 Å². The summed E-state index contributed by atoms with van der Waals surface area (Å²) < 4.78 is 10.6. The van der Waals surface area contributed by atoms with Crippen molar-refractivity contribution in [3.05, 3.63) is 69.8 Å². The second kappa shape index (κ2) is 6.56. The molecule has 6 nitrogen and oxygen atoms in total. The van der Waals surface area contributed by atoms with Gasteiger partial charge in [0, 0.05) is 5.56 Å². The zero-order chi connectivity index (χ0) is 20.0. The molecule has 0 saturated carbocycles. The van der Waals surface area contributed by atoms with Gasteiger partial charge in [-0.05, 0) is 54.8 Å². The molecule has 6 heteroatoms. The molecule has 0 radical (unpaired) electrons. The SMILES string of the molecule is COc1ccc(C2=C3C(=O)NC(c4ccc(C)c(C)c4)=C3C(=O)N2)cc1OC. The highest BCUT2D eigenvalue weighted by molar-refractivity contribution is 6.30. The van der Waals surface area contributed by atoms with Crippen LogP contribution in [0.4, 0.5) is 0 Å². The third-order valence-electron chi connectivity index (χ3n) is 5.15. The third-order valence-corrected chi connectivity index (χ3v) is 5.15. The molecule has 142 valence electrons. The Morgan fingerprint density at radius 2 is 1.21 bits per heavy atom. The first-order valence-corrected chi connectivity index (χ1v) is 8.86. The van der Waals surface area contributed by atoms with E-state index in [0.29, 0.717) is 39.6 Å². The van der Waals surface area contributed by atoms with Crippen molar-refractivity contribution >= 4 is 23.2 Å². The van der Waals surface area contributed by atoms with Gasteiger partial charge in [-0.25, -0.2) is 0 Å². The molecular formula is C22H20N2O4. The smallest absolute Gasteiger partial charge is 0.258 e. The minimum atomic E-state index is -0.300. The summed E-state index contributed by atoms with van der Waals surface area (Å²) >= 11 is 0. The molecule has 2 aromatic rings. The van der Waals surface area contributed by atoms with Crippen molar-refractivity contribution in [3.8, 4) is 11.5 Å². The molecular weight excluding hydrogens is 356 g/mol. The maximum absolute atomic E-state index is 12.7. The number of carbonyl (C=O) groups excluding carboxylic acids is 2. The molecule has 0 fully saturated rings. The summed E-state index contributed by atoms with van der Waals surface area (Å²) in [5.41, 5.74) is 5.46. The second-order valence-electron chi connectivity index (χ2n) is 6.78. The average molecular weight is 376 g/mol. The zero-order valence-corrected chi connectivity index (χ0v) is 16.1. The number of rotatable bonds is 4. The first kappa shape index (κ1) is 17.9. The fourth-order valence-electron chi connectivity index (χ4n) is 3.50. The van der Waals surface area contributed by atoms with Crippen LogP contribution in [0, 0.1) is 13.8 Å². The molecule has 0 saturated heterocycles.